The molecule has 0 spiro atoms. The van der Waals surface area contributed by atoms with Crippen LogP contribution in [0.1, 0.15) is 33.1 Å². The largest absolute Gasteiger partial charge is 0.324 e. The molecule has 1 heteroatoms. The van der Waals surface area contributed by atoms with Gasteiger partial charge in [-0.25, -0.2) is 0 Å². The minimum absolute atomic E-state index is 0.293. The molecular weight excluding hydrogens is 122 g/mol. The van der Waals surface area contributed by atoms with Gasteiger partial charge in [-0.05, 0) is 36.0 Å². The van der Waals surface area contributed by atoms with Crippen LogP contribution in [0, 0.1) is 16.7 Å². The van der Waals surface area contributed by atoms with E-state index in [1.165, 1.54) is 19.3 Å². The van der Waals surface area contributed by atoms with E-state index in [4.69, 9.17) is 5.73 Å². The lowest BCUT2D eigenvalue weighted by atomic mass is 9.26. The van der Waals surface area contributed by atoms with E-state index in [1.54, 1.807) is 0 Å². The van der Waals surface area contributed by atoms with Crippen LogP contribution in [0.5, 0.6) is 0 Å². The lowest BCUT2D eigenvalue weighted by Crippen LogP contribution is -2.86. The fourth-order valence-electron chi connectivity index (χ4n) is 4.33. The van der Waals surface area contributed by atoms with Gasteiger partial charge in [0.05, 0.1) is 0 Å². The van der Waals surface area contributed by atoms with Crippen LogP contribution in [-0.4, -0.2) is 5.54 Å². The highest BCUT2D eigenvalue weighted by Crippen LogP contribution is 2.87. The third-order valence-corrected chi connectivity index (χ3v) is 5.27. The second kappa shape index (κ2) is 0.989. The molecule has 2 N–H and O–H groups in total. The van der Waals surface area contributed by atoms with Crippen LogP contribution in [0.15, 0.2) is 0 Å². The summed E-state index contributed by atoms with van der Waals surface area (Å²) >= 11 is 0. The highest BCUT2D eigenvalue weighted by atomic mass is 15.1. The molecule has 5 aliphatic rings. The predicted octanol–water partition coefficient (Wildman–Crippen LogP) is 1.52. The number of fused-ring (bicyclic) bond motifs is 1. The van der Waals surface area contributed by atoms with E-state index in [2.05, 4.69) is 13.8 Å². The first-order valence-corrected chi connectivity index (χ1v) is 4.33. The van der Waals surface area contributed by atoms with E-state index in [9.17, 15) is 0 Å². The zero-order valence-electron chi connectivity index (χ0n) is 6.78. The molecule has 5 fully saturated rings. The van der Waals surface area contributed by atoms with Crippen molar-refractivity contribution in [1.82, 2.24) is 0 Å². The molecule has 5 aliphatic carbocycles. The summed E-state index contributed by atoms with van der Waals surface area (Å²) in [6, 6.07) is 0. The third kappa shape index (κ3) is 0.219. The van der Waals surface area contributed by atoms with Crippen molar-refractivity contribution in [3.8, 4) is 0 Å². The molecule has 0 aliphatic heterocycles. The summed E-state index contributed by atoms with van der Waals surface area (Å²) in [5, 5.41) is 0. The minimum Gasteiger partial charge on any atom is -0.324 e. The monoisotopic (exact) mass is 137 g/mol. The Morgan fingerprint density at radius 3 is 2.30 bits per heavy atom. The normalized spacial score (nSPS) is 76.5. The smallest absolute Gasteiger partial charge is 0.0253 e. The van der Waals surface area contributed by atoms with Gasteiger partial charge in [0.25, 0.3) is 0 Å². The first-order valence-electron chi connectivity index (χ1n) is 4.33. The van der Waals surface area contributed by atoms with Crippen LogP contribution in [0.3, 0.4) is 0 Å². The summed E-state index contributed by atoms with van der Waals surface area (Å²) in [6.07, 6.45) is 4.11. The Morgan fingerprint density at radius 1 is 1.40 bits per heavy atom. The molecule has 1 nitrogen and oxygen atoms in total. The van der Waals surface area contributed by atoms with Crippen molar-refractivity contribution < 1.29 is 0 Å². The number of rotatable bonds is 0. The topological polar surface area (TPSA) is 26.0 Å². The van der Waals surface area contributed by atoms with Crippen molar-refractivity contribution in [2.24, 2.45) is 22.5 Å². The van der Waals surface area contributed by atoms with Crippen molar-refractivity contribution in [3.05, 3.63) is 0 Å². The third-order valence-electron chi connectivity index (χ3n) is 5.27. The molecule has 4 atom stereocenters. The molecule has 5 rings (SSSR count). The Labute approximate surface area is 62.0 Å². The fraction of sp³-hybridized carbons (Fsp3) is 1.00. The molecule has 4 bridgehead atoms. The molecule has 10 heavy (non-hydrogen) atoms. The van der Waals surface area contributed by atoms with Gasteiger partial charge in [0.15, 0.2) is 0 Å². The highest BCUT2D eigenvalue weighted by Gasteiger charge is 2.87. The van der Waals surface area contributed by atoms with Crippen molar-refractivity contribution in [2.75, 3.05) is 0 Å². The van der Waals surface area contributed by atoms with Gasteiger partial charge in [0.1, 0.15) is 0 Å². The van der Waals surface area contributed by atoms with Gasteiger partial charge >= 0.3 is 0 Å². The molecule has 0 saturated heterocycles. The molecule has 0 aromatic heterocycles. The Hall–Kier alpha value is -0.0400. The van der Waals surface area contributed by atoms with E-state index in [-0.39, 0.29) is 0 Å². The molecule has 5 saturated carbocycles. The number of hydrogen-bond donors (Lipinski definition) is 1. The van der Waals surface area contributed by atoms with Crippen molar-refractivity contribution in [1.29, 1.82) is 0 Å². The molecule has 0 radical (unpaired) electrons. The van der Waals surface area contributed by atoms with E-state index in [1.807, 2.05) is 0 Å². The van der Waals surface area contributed by atoms with E-state index in [0.29, 0.717) is 16.4 Å². The van der Waals surface area contributed by atoms with Crippen LogP contribution in [-0.2, 0) is 0 Å². The zero-order chi connectivity index (χ0) is 7.20. The average molecular weight is 137 g/mol. The lowest BCUT2D eigenvalue weighted by molar-refractivity contribution is -0.285. The zero-order valence-corrected chi connectivity index (χ0v) is 6.78. The van der Waals surface area contributed by atoms with Crippen molar-refractivity contribution in [3.63, 3.8) is 0 Å². The maximum absolute atomic E-state index is 6.26. The minimum atomic E-state index is 0.293. The summed E-state index contributed by atoms with van der Waals surface area (Å²) in [5.41, 5.74) is 7.76. The maximum atomic E-state index is 6.26. The van der Waals surface area contributed by atoms with Gasteiger partial charge in [-0.1, -0.05) is 13.8 Å². The first-order chi connectivity index (χ1) is 4.55. The SMILES string of the molecule is C[C@@]12CC[C@H]3[C@]1(N)C[C@]32C. The van der Waals surface area contributed by atoms with Crippen molar-refractivity contribution in [2.45, 2.75) is 38.6 Å². The molecular formula is C9H15N. The predicted molar refractivity (Wildman–Crippen MR) is 40.5 cm³/mol. The molecule has 56 valence electrons. The Balaban J connectivity index is 2.16. The first kappa shape index (κ1) is 5.59. The van der Waals surface area contributed by atoms with Gasteiger partial charge < -0.3 is 5.73 Å². The van der Waals surface area contributed by atoms with Gasteiger partial charge in [0, 0.05) is 5.54 Å². The second-order valence-electron chi connectivity index (χ2n) is 5.06. The molecule has 0 aromatic rings. The fourth-order valence-corrected chi connectivity index (χ4v) is 4.33. The van der Waals surface area contributed by atoms with Crippen LogP contribution in [0.25, 0.3) is 0 Å². The van der Waals surface area contributed by atoms with Gasteiger partial charge in [-0.15, -0.1) is 0 Å². The summed E-state index contributed by atoms with van der Waals surface area (Å²) in [4.78, 5) is 0. The average Bonchev–Trinajstić information content (AvgIpc) is 2.19. The molecule has 0 unspecified atom stereocenters. The Bertz CT molecular complexity index is 207. The number of hydrogen-bond acceptors (Lipinski definition) is 1. The van der Waals surface area contributed by atoms with Crippen molar-refractivity contribution >= 4 is 0 Å². The van der Waals surface area contributed by atoms with Gasteiger partial charge in [-0.3, -0.25) is 0 Å². The van der Waals surface area contributed by atoms with Crippen LogP contribution in [0.4, 0.5) is 0 Å². The van der Waals surface area contributed by atoms with E-state index < -0.39 is 0 Å². The summed E-state index contributed by atoms with van der Waals surface area (Å²) in [5.74, 6) is 0.894. The highest BCUT2D eigenvalue weighted by molar-refractivity contribution is 5.40. The number of nitrogens with two attached hydrogens (primary N) is 1. The Morgan fingerprint density at radius 2 is 2.10 bits per heavy atom. The van der Waals surface area contributed by atoms with Gasteiger partial charge in [-0.2, -0.15) is 0 Å². The van der Waals surface area contributed by atoms with Gasteiger partial charge in [0.2, 0.25) is 0 Å². The van der Waals surface area contributed by atoms with E-state index >= 15 is 0 Å². The van der Waals surface area contributed by atoms with E-state index in [0.717, 1.165) is 5.92 Å². The quantitative estimate of drug-likeness (QED) is 0.538. The molecule has 0 amide bonds. The Kier molecular flexibility index (Phi) is 0.553. The van der Waals surface area contributed by atoms with Crippen LogP contribution in [0.2, 0.25) is 0 Å². The summed E-state index contributed by atoms with van der Waals surface area (Å²) < 4.78 is 0. The van der Waals surface area contributed by atoms with Crippen LogP contribution >= 0.6 is 0 Å². The summed E-state index contributed by atoms with van der Waals surface area (Å²) in [7, 11) is 0. The van der Waals surface area contributed by atoms with Crippen LogP contribution < -0.4 is 5.73 Å². The second-order valence-corrected chi connectivity index (χ2v) is 5.06. The maximum Gasteiger partial charge on any atom is 0.0253 e. The lowest BCUT2D eigenvalue weighted by Gasteiger charge is -2.81. The summed E-state index contributed by atoms with van der Waals surface area (Å²) in [6.45, 7) is 4.82. The molecule has 0 heterocycles. The standard InChI is InChI=1S/C9H15N/c1-7-5-9(10)6(7)3-4-8(7,9)2/h6H,3-5,10H2,1-2H3/t6-,7-,8+,9-/m1/s1. The molecule has 0 aromatic carbocycles.